The van der Waals surface area contributed by atoms with Crippen LogP contribution in [0.15, 0.2) is 12.3 Å². The van der Waals surface area contributed by atoms with Crippen molar-refractivity contribution in [2.75, 3.05) is 23.8 Å². The Labute approximate surface area is 124 Å². The molecule has 0 aromatic carbocycles. The number of hydrogen-bond acceptors (Lipinski definition) is 6. The van der Waals surface area contributed by atoms with Crippen molar-refractivity contribution in [3.05, 3.63) is 23.8 Å². The maximum absolute atomic E-state index is 5.39. The summed E-state index contributed by atoms with van der Waals surface area (Å²) in [4.78, 5) is 8.90. The lowest BCUT2D eigenvalue weighted by Gasteiger charge is -2.10. The molecule has 114 valence electrons. The van der Waals surface area contributed by atoms with Crippen molar-refractivity contribution < 1.29 is 4.74 Å². The van der Waals surface area contributed by atoms with E-state index in [9.17, 15) is 0 Å². The van der Waals surface area contributed by atoms with E-state index >= 15 is 0 Å². The second kappa shape index (κ2) is 7.03. The van der Waals surface area contributed by atoms with Gasteiger partial charge in [0.15, 0.2) is 5.82 Å². The van der Waals surface area contributed by atoms with Crippen molar-refractivity contribution in [3.63, 3.8) is 0 Å². The zero-order valence-electron chi connectivity index (χ0n) is 13.0. The Bertz CT molecular complexity index is 595. The minimum atomic E-state index is 0.399. The van der Waals surface area contributed by atoms with E-state index in [2.05, 4.69) is 25.7 Å². The second-order valence-corrected chi connectivity index (χ2v) is 4.65. The molecule has 7 nitrogen and oxygen atoms in total. The first kappa shape index (κ1) is 15.2. The van der Waals surface area contributed by atoms with E-state index in [1.165, 1.54) is 0 Å². The molecule has 0 atom stereocenters. The van der Waals surface area contributed by atoms with Gasteiger partial charge in [0, 0.05) is 32.5 Å². The normalized spacial score (nSPS) is 10.7. The standard InChI is InChI=1S/C14H22N6O/c1-5-15-12-7-13(18-14(17-12)9-21-6-2)16-11-8-20(4)19-10(11)3/h7-8H,5-6,9H2,1-4H3,(H2,15,16,17,18). The minimum Gasteiger partial charge on any atom is -0.374 e. The number of nitrogens with one attached hydrogen (secondary N) is 2. The largest absolute Gasteiger partial charge is 0.374 e. The van der Waals surface area contributed by atoms with Crippen LogP contribution in [0.1, 0.15) is 25.4 Å². The van der Waals surface area contributed by atoms with Gasteiger partial charge in [-0.2, -0.15) is 5.10 Å². The Morgan fingerprint density at radius 2 is 2.00 bits per heavy atom. The van der Waals surface area contributed by atoms with Crippen molar-refractivity contribution in [1.29, 1.82) is 0 Å². The van der Waals surface area contributed by atoms with E-state index in [1.807, 2.05) is 40.1 Å². The average molecular weight is 290 g/mol. The molecule has 0 radical (unpaired) electrons. The van der Waals surface area contributed by atoms with Crippen LogP contribution in [0.25, 0.3) is 0 Å². The summed E-state index contributed by atoms with van der Waals surface area (Å²) < 4.78 is 7.16. The fraction of sp³-hybridized carbons (Fsp3) is 0.500. The topological polar surface area (TPSA) is 76.9 Å². The van der Waals surface area contributed by atoms with Crippen LogP contribution in [-0.4, -0.2) is 32.9 Å². The maximum atomic E-state index is 5.39. The summed E-state index contributed by atoms with van der Waals surface area (Å²) in [5.41, 5.74) is 1.86. The molecule has 21 heavy (non-hydrogen) atoms. The Morgan fingerprint density at radius 3 is 2.62 bits per heavy atom. The van der Waals surface area contributed by atoms with Gasteiger partial charge in [-0.1, -0.05) is 0 Å². The second-order valence-electron chi connectivity index (χ2n) is 4.65. The van der Waals surface area contributed by atoms with Gasteiger partial charge in [-0.3, -0.25) is 4.68 Å². The molecule has 0 aliphatic carbocycles. The molecule has 0 aliphatic heterocycles. The molecule has 0 saturated heterocycles. The monoisotopic (exact) mass is 290 g/mol. The quantitative estimate of drug-likeness (QED) is 0.814. The van der Waals surface area contributed by atoms with E-state index in [-0.39, 0.29) is 0 Å². The SMILES string of the molecule is CCNc1cc(Nc2cn(C)nc2C)nc(COCC)n1. The van der Waals surface area contributed by atoms with Gasteiger partial charge in [-0.25, -0.2) is 9.97 Å². The summed E-state index contributed by atoms with van der Waals surface area (Å²) in [6.45, 7) is 7.77. The first-order valence-corrected chi connectivity index (χ1v) is 7.09. The predicted molar refractivity (Wildman–Crippen MR) is 82.8 cm³/mol. The number of rotatable bonds is 7. The molecule has 0 aliphatic rings. The highest BCUT2D eigenvalue weighted by molar-refractivity contribution is 5.60. The molecule has 2 N–H and O–H groups in total. The van der Waals surface area contributed by atoms with Crippen LogP contribution >= 0.6 is 0 Å². The van der Waals surface area contributed by atoms with Crippen LogP contribution in [0.2, 0.25) is 0 Å². The van der Waals surface area contributed by atoms with Gasteiger partial charge in [-0.05, 0) is 20.8 Å². The third-order valence-electron chi connectivity index (χ3n) is 2.84. The minimum absolute atomic E-state index is 0.399. The fourth-order valence-corrected chi connectivity index (χ4v) is 1.95. The van der Waals surface area contributed by atoms with Crippen LogP contribution in [-0.2, 0) is 18.4 Å². The van der Waals surface area contributed by atoms with Gasteiger partial charge < -0.3 is 15.4 Å². The molecule has 2 aromatic heterocycles. The highest BCUT2D eigenvalue weighted by atomic mass is 16.5. The molecule has 0 saturated carbocycles. The molecule has 2 rings (SSSR count). The Kier molecular flexibility index (Phi) is 5.10. The number of hydrogen-bond donors (Lipinski definition) is 2. The third kappa shape index (κ3) is 4.16. The number of aryl methyl sites for hydroxylation is 2. The van der Waals surface area contributed by atoms with E-state index < -0.39 is 0 Å². The van der Waals surface area contributed by atoms with Gasteiger partial charge in [-0.15, -0.1) is 0 Å². The summed E-state index contributed by atoms with van der Waals surface area (Å²) in [6, 6.07) is 1.88. The highest BCUT2D eigenvalue weighted by Crippen LogP contribution is 2.20. The molecule has 0 spiro atoms. The van der Waals surface area contributed by atoms with Crippen molar-refractivity contribution >= 4 is 17.3 Å². The molecule has 2 aromatic rings. The lowest BCUT2D eigenvalue weighted by molar-refractivity contribution is 0.128. The summed E-state index contributed by atoms with van der Waals surface area (Å²) >= 11 is 0. The Morgan fingerprint density at radius 1 is 1.24 bits per heavy atom. The van der Waals surface area contributed by atoms with Crippen LogP contribution in [0.4, 0.5) is 17.3 Å². The van der Waals surface area contributed by atoms with Crippen LogP contribution in [0.3, 0.4) is 0 Å². The summed E-state index contributed by atoms with van der Waals surface area (Å²) in [7, 11) is 1.89. The molecular weight excluding hydrogens is 268 g/mol. The van der Waals surface area contributed by atoms with E-state index in [0.717, 1.165) is 29.6 Å². The van der Waals surface area contributed by atoms with Gasteiger partial charge in [0.05, 0.1) is 11.4 Å². The molecule has 0 bridgehead atoms. The van der Waals surface area contributed by atoms with Crippen molar-refractivity contribution in [2.24, 2.45) is 7.05 Å². The zero-order valence-corrected chi connectivity index (χ0v) is 13.0. The zero-order chi connectivity index (χ0) is 15.2. The number of aromatic nitrogens is 4. The molecule has 0 fully saturated rings. The Hall–Kier alpha value is -2.15. The van der Waals surface area contributed by atoms with Gasteiger partial charge >= 0.3 is 0 Å². The van der Waals surface area contributed by atoms with Gasteiger partial charge in [0.2, 0.25) is 0 Å². The molecular formula is C14H22N6O. The first-order valence-electron chi connectivity index (χ1n) is 7.09. The summed E-state index contributed by atoms with van der Waals surface area (Å²) in [6.07, 6.45) is 1.92. The van der Waals surface area contributed by atoms with Crippen LogP contribution < -0.4 is 10.6 Å². The number of ether oxygens (including phenoxy) is 1. The first-order chi connectivity index (χ1) is 10.1. The van der Waals surface area contributed by atoms with Crippen LogP contribution in [0, 0.1) is 6.92 Å². The van der Waals surface area contributed by atoms with Crippen molar-refractivity contribution in [3.8, 4) is 0 Å². The summed E-state index contributed by atoms with van der Waals surface area (Å²) in [5, 5.41) is 10.8. The smallest absolute Gasteiger partial charge is 0.158 e. The van der Waals surface area contributed by atoms with Crippen molar-refractivity contribution in [1.82, 2.24) is 19.7 Å². The van der Waals surface area contributed by atoms with Gasteiger partial charge in [0.25, 0.3) is 0 Å². The average Bonchev–Trinajstić information content (AvgIpc) is 2.75. The van der Waals surface area contributed by atoms with Crippen molar-refractivity contribution in [2.45, 2.75) is 27.4 Å². The molecule has 0 unspecified atom stereocenters. The fourth-order valence-electron chi connectivity index (χ4n) is 1.95. The van der Waals surface area contributed by atoms with Gasteiger partial charge in [0.1, 0.15) is 18.2 Å². The lowest BCUT2D eigenvalue weighted by Crippen LogP contribution is -2.07. The molecule has 0 amide bonds. The highest BCUT2D eigenvalue weighted by Gasteiger charge is 2.08. The third-order valence-corrected chi connectivity index (χ3v) is 2.84. The van der Waals surface area contributed by atoms with E-state index in [1.54, 1.807) is 4.68 Å². The summed E-state index contributed by atoms with van der Waals surface area (Å²) in [5.74, 6) is 2.16. The van der Waals surface area contributed by atoms with E-state index in [0.29, 0.717) is 19.0 Å². The molecule has 2 heterocycles. The van der Waals surface area contributed by atoms with Crippen LogP contribution in [0.5, 0.6) is 0 Å². The number of nitrogens with zero attached hydrogens (tertiary/aromatic N) is 4. The molecule has 7 heteroatoms. The predicted octanol–water partition coefficient (Wildman–Crippen LogP) is 2.23. The number of anilines is 3. The Balaban J connectivity index is 2.24. The lowest BCUT2D eigenvalue weighted by atomic mass is 10.4. The maximum Gasteiger partial charge on any atom is 0.158 e. The van der Waals surface area contributed by atoms with E-state index in [4.69, 9.17) is 4.74 Å².